The average molecular weight is 331 g/mol. The molecule has 2 aromatic rings. The first-order valence-corrected chi connectivity index (χ1v) is 6.90. The molecule has 0 atom stereocenters. The molecular formula is C14H14ClF3N4. The summed E-state index contributed by atoms with van der Waals surface area (Å²) in [6.07, 6.45) is -4.55. The number of nitrogens with zero attached hydrogens (tertiary/aromatic N) is 2. The molecule has 0 unspecified atom stereocenters. The van der Waals surface area contributed by atoms with Crippen LogP contribution in [0.4, 0.5) is 30.6 Å². The van der Waals surface area contributed by atoms with Crippen LogP contribution >= 0.6 is 11.6 Å². The Bertz CT molecular complexity index is 674. The standard InChI is InChI=1S/C14H14ClF3N4/c1-3-19-13-21-11(14(16,17)18)7-12(22-13)20-10-5-4-8(2)6-9(10)15/h4-7H,3H2,1-2H3,(H2,19,20,21,22). The van der Waals surface area contributed by atoms with E-state index in [4.69, 9.17) is 11.6 Å². The Balaban J connectivity index is 2.39. The van der Waals surface area contributed by atoms with Crippen molar-refractivity contribution in [3.8, 4) is 0 Å². The number of aromatic nitrogens is 2. The van der Waals surface area contributed by atoms with E-state index >= 15 is 0 Å². The van der Waals surface area contributed by atoms with Crippen LogP contribution in [0.1, 0.15) is 18.2 Å². The van der Waals surface area contributed by atoms with Gasteiger partial charge in [-0.1, -0.05) is 17.7 Å². The van der Waals surface area contributed by atoms with Gasteiger partial charge in [0.2, 0.25) is 5.95 Å². The topological polar surface area (TPSA) is 49.8 Å². The summed E-state index contributed by atoms with van der Waals surface area (Å²) in [7, 11) is 0. The zero-order valence-corrected chi connectivity index (χ0v) is 12.7. The molecule has 1 aromatic carbocycles. The average Bonchev–Trinajstić information content (AvgIpc) is 2.41. The van der Waals surface area contributed by atoms with E-state index in [1.165, 1.54) is 0 Å². The predicted octanol–water partition coefficient (Wildman–Crippen LogP) is 4.63. The molecule has 22 heavy (non-hydrogen) atoms. The molecule has 8 heteroatoms. The molecule has 118 valence electrons. The summed E-state index contributed by atoms with van der Waals surface area (Å²) in [5, 5.41) is 5.86. The largest absolute Gasteiger partial charge is 0.433 e. The molecule has 2 N–H and O–H groups in total. The van der Waals surface area contributed by atoms with Gasteiger partial charge in [-0.05, 0) is 31.5 Å². The van der Waals surface area contributed by atoms with E-state index in [-0.39, 0.29) is 11.8 Å². The molecule has 0 radical (unpaired) electrons. The van der Waals surface area contributed by atoms with Crippen molar-refractivity contribution in [1.82, 2.24) is 9.97 Å². The first kappa shape index (κ1) is 16.4. The molecule has 4 nitrogen and oxygen atoms in total. The second kappa shape index (κ2) is 6.39. The lowest BCUT2D eigenvalue weighted by atomic mass is 10.2. The van der Waals surface area contributed by atoms with Gasteiger partial charge in [-0.3, -0.25) is 0 Å². The Morgan fingerprint density at radius 1 is 1.18 bits per heavy atom. The summed E-state index contributed by atoms with van der Waals surface area (Å²) < 4.78 is 38.7. The third-order valence-corrected chi connectivity index (χ3v) is 3.05. The van der Waals surface area contributed by atoms with Gasteiger partial charge in [0.15, 0.2) is 5.69 Å². The van der Waals surface area contributed by atoms with Crippen molar-refractivity contribution in [2.24, 2.45) is 0 Å². The van der Waals surface area contributed by atoms with E-state index in [2.05, 4.69) is 20.6 Å². The summed E-state index contributed by atoms with van der Waals surface area (Å²) >= 11 is 6.07. The Morgan fingerprint density at radius 2 is 1.91 bits per heavy atom. The fourth-order valence-corrected chi connectivity index (χ4v) is 2.04. The minimum Gasteiger partial charge on any atom is -0.354 e. The van der Waals surface area contributed by atoms with E-state index in [1.54, 1.807) is 25.1 Å². The Kier molecular flexibility index (Phi) is 4.75. The highest BCUT2D eigenvalue weighted by Crippen LogP contribution is 2.31. The first-order valence-electron chi connectivity index (χ1n) is 6.53. The summed E-state index contributed by atoms with van der Waals surface area (Å²) in [6.45, 7) is 4.02. The summed E-state index contributed by atoms with van der Waals surface area (Å²) in [6, 6.07) is 6.03. The third-order valence-electron chi connectivity index (χ3n) is 2.74. The number of hydrogen-bond acceptors (Lipinski definition) is 4. The van der Waals surface area contributed by atoms with Gasteiger partial charge in [0, 0.05) is 12.6 Å². The fraction of sp³-hybridized carbons (Fsp3) is 0.286. The SMILES string of the molecule is CCNc1nc(Nc2ccc(C)cc2Cl)cc(C(F)(F)F)n1. The van der Waals surface area contributed by atoms with Gasteiger partial charge in [0.05, 0.1) is 10.7 Å². The van der Waals surface area contributed by atoms with Gasteiger partial charge < -0.3 is 10.6 Å². The predicted molar refractivity (Wildman–Crippen MR) is 80.7 cm³/mol. The molecular weight excluding hydrogens is 317 g/mol. The van der Waals surface area contributed by atoms with Crippen LogP contribution in [0, 0.1) is 6.92 Å². The number of anilines is 3. The first-order chi connectivity index (χ1) is 10.3. The summed E-state index contributed by atoms with van der Waals surface area (Å²) in [5.74, 6) is -0.0768. The highest BCUT2D eigenvalue weighted by Gasteiger charge is 2.33. The molecule has 0 aliphatic carbocycles. The minimum atomic E-state index is -4.55. The van der Waals surface area contributed by atoms with Crippen molar-refractivity contribution in [2.75, 3.05) is 17.2 Å². The Morgan fingerprint density at radius 3 is 2.50 bits per heavy atom. The molecule has 0 amide bonds. The van der Waals surface area contributed by atoms with Gasteiger partial charge in [-0.25, -0.2) is 4.98 Å². The van der Waals surface area contributed by atoms with Crippen molar-refractivity contribution >= 4 is 29.1 Å². The third kappa shape index (κ3) is 4.00. The highest BCUT2D eigenvalue weighted by molar-refractivity contribution is 6.33. The quantitative estimate of drug-likeness (QED) is 0.858. The number of alkyl halides is 3. The highest BCUT2D eigenvalue weighted by atomic mass is 35.5. The molecule has 1 heterocycles. The van der Waals surface area contributed by atoms with Crippen LogP contribution in [-0.4, -0.2) is 16.5 Å². The van der Waals surface area contributed by atoms with Crippen LogP contribution in [0.25, 0.3) is 0 Å². The van der Waals surface area contributed by atoms with Crippen LogP contribution < -0.4 is 10.6 Å². The molecule has 0 fully saturated rings. The monoisotopic (exact) mass is 330 g/mol. The zero-order valence-electron chi connectivity index (χ0n) is 11.9. The Labute approximate surface area is 130 Å². The van der Waals surface area contributed by atoms with E-state index in [0.717, 1.165) is 11.6 Å². The molecule has 0 aliphatic rings. The molecule has 0 aliphatic heterocycles. The Hall–Kier alpha value is -2.02. The van der Waals surface area contributed by atoms with E-state index < -0.39 is 11.9 Å². The fourth-order valence-electron chi connectivity index (χ4n) is 1.75. The summed E-state index contributed by atoms with van der Waals surface area (Å²) in [4.78, 5) is 7.46. The van der Waals surface area contributed by atoms with E-state index in [9.17, 15) is 13.2 Å². The molecule has 1 aromatic heterocycles. The van der Waals surface area contributed by atoms with Crippen LogP contribution in [-0.2, 0) is 6.18 Å². The number of halogens is 4. The number of rotatable bonds is 4. The molecule has 0 spiro atoms. The molecule has 0 bridgehead atoms. The van der Waals surface area contributed by atoms with Crippen molar-refractivity contribution in [2.45, 2.75) is 20.0 Å². The second-order valence-corrected chi connectivity index (χ2v) is 5.01. The maximum absolute atomic E-state index is 12.9. The van der Waals surface area contributed by atoms with Crippen molar-refractivity contribution in [1.29, 1.82) is 0 Å². The number of aryl methyl sites for hydroxylation is 1. The molecule has 0 saturated carbocycles. The van der Waals surface area contributed by atoms with Crippen LogP contribution in [0.2, 0.25) is 5.02 Å². The lowest BCUT2D eigenvalue weighted by Crippen LogP contribution is -2.13. The second-order valence-electron chi connectivity index (χ2n) is 4.60. The minimum absolute atomic E-state index is 0.0176. The van der Waals surface area contributed by atoms with Crippen LogP contribution in [0.3, 0.4) is 0 Å². The van der Waals surface area contributed by atoms with Crippen LogP contribution in [0.15, 0.2) is 24.3 Å². The van der Waals surface area contributed by atoms with Gasteiger partial charge >= 0.3 is 6.18 Å². The van der Waals surface area contributed by atoms with Crippen molar-refractivity contribution in [3.05, 3.63) is 40.5 Å². The number of nitrogens with one attached hydrogen (secondary N) is 2. The van der Waals surface area contributed by atoms with E-state index in [1.807, 2.05) is 6.92 Å². The number of benzene rings is 1. The zero-order chi connectivity index (χ0) is 16.3. The maximum Gasteiger partial charge on any atom is 0.433 e. The van der Waals surface area contributed by atoms with Gasteiger partial charge in [-0.2, -0.15) is 18.2 Å². The van der Waals surface area contributed by atoms with E-state index in [0.29, 0.717) is 17.3 Å². The molecule has 2 rings (SSSR count). The maximum atomic E-state index is 12.9. The van der Waals surface area contributed by atoms with Crippen molar-refractivity contribution < 1.29 is 13.2 Å². The molecule has 0 saturated heterocycles. The van der Waals surface area contributed by atoms with Gasteiger partial charge in [0.1, 0.15) is 5.82 Å². The van der Waals surface area contributed by atoms with Crippen molar-refractivity contribution in [3.63, 3.8) is 0 Å². The normalized spacial score (nSPS) is 11.4. The lowest BCUT2D eigenvalue weighted by molar-refractivity contribution is -0.141. The van der Waals surface area contributed by atoms with Gasteiger partial charge in [-0.15, -0.1) is 0 Å². The van der Waals surface area contributed by atoms with Crippen LogP contribution in [0.5, 0.6) is 0 Å². The smallest absolute Gasteiger partial charge is 0.354 e. The summed E-state index contributed by atoms with van der Waals surface area (Å²) in [5.41, 5.74) is 0.397. The van der Waals surface area contributed by atoms with Gasteiger partial charge in [0.25, 0.3) is 0 Å². The lowest BCUT2D eigenvalue weighted by Gasteiger charge is -2.13. The number of hydrogen-bond donors (Lipinski definition) is 2.